The van der Waals surface area contributed by atoms with Crippen molar-refractivity contribution in [3.05, 3.63) is 62.3 Å². The van der Waals surface area contributed by atoms with Crippen LogP contribution in [0.3, 0.4) is 0 Å². The van der Waals surface area contributed by atoms with Gasteiger partial charge < -0.3 is 14.2 Å². The Labute approximate surface area is 162 Å². The number of allylic oxidation sites excluding steroid dienone is 1. The highest BCUT2D eigenvalue weighted by atomic mass is 35.5. The molecular formula is C20H21ClO4S. The van der Waals surface area contributed by atoms with E-state index in [1.807, 2.05) is 17.5 Å². The lowest BCUT2D eigenvalue weighted by Crippen LogP contribution is -2.16. The summed E-state index contributed by atoms with van der Waals surface area (Å²) in [6.07, 6.45) is 3.71. The van der Waals surface area contributed by atoms with Crippen molar-refractivity contribution in [1.82, 2.24) is 0 Å². The summed E-state index contributed by atoms with van der Waals surface area (Å²) >= 11 is 7.66. The molecule has 3 rings (SSSR count). The van der Waals surface area contributed by atoms with Gasteiger partial charge in [0.2, 0.25) is 0 Å². The molecule has 1 saturated heterocycles. The van der Waals surface area contributed by atoms with Crippen LogP contribution in [0.25, 0.3) is 6.08 Å². The van der Waals surface area contributed by atoms with Crippen molar-refractivity contribution in [1.29, 1.82) is 0 Å². The minimum atomic E-state index is -0.408. The maximum absolute atomic E-state index is 12.0. The van der Waals surface area contributed by atoms with Gasteiger partial charge in [-0.05, 0) is 34.7 Å². The Kier molecular flexibility index (Phi) is 5.82. The van der Waals surface area contributed by atoms with Crippen LogP contribution in [0.2, 0.25) is 5.02 Å². The molecule has 0 radical (unpaired) electrons. The molecule has 1 aliphatic rings. The molecule has 26 heavy (non-hydrogen) atoms. The fourth-order valence-corrected chi connectivity index (χ4v) is 4.12. The van der Waals surface area contributed by atoms with Gasteiger partial charge in [0.1, 0.15) is 0 Å². The van der Waals surface area contributed by atoms with Gasteiger partial charge in [-0.15, -0.1) is 11.3 Å². The van der Waals surface area contributed by atoms with Gasteiger partial charge in [-0.2, -0.15) is 0 Å². The number of methoxy groups -OCH3 is 1. The molecule has 0 unspecified atom stereocenters. The molecule has 1 aromatic heterocycles. The zero-order valence-electron chi connectivity index (χ0n) is 15.0. The molecule has 0 N–H and O–H groups in total. The fraction of sp³-hybridized carbons (Fsp3) is 0.350. The van der Waals surface area contributed by atoms with Crippen molar-refractivity contribution in [2.24, 2.45) is 0 Å². The van der Waals surface area contributed by atoms with Crippen LogP contribution in [0.15, 0.2) is 35.7 Å². The first kappa shape index (κ1) is 19.1. The Hall–Kier alpha value is -1.66. The van der Waals surface area contributed by atoms with E-state index in [2.05, 4.69) is 26.0 Å². The Morgan fingerprint density at radius 3 is 2.73 bits per heavy atom. The number of benzene rings is 1. The summed E-state index contributed by atoms with van der Waals surface area (Å²) in [5.74, 6) is -0.408. The summed E-state index contributed by atoms with van der Waals surface area (Å²) in [5, 5.41) is 2.55. The van der Waals surface area contributed by atoms with Gasteiger partial charge in [0.15, 0.2) is 6.29 Å². The number of rotatable bonds is 5. The minimum absolute atomic E-state index is 0.266. The molecule has 0 amide bonds. The first-order valence-corrected chi connectivity index (χ1v) is 9.56. The zero-order valence-corrected chi connectivity index (χ0v) is 16.5. The SMILES string of the molecule is COC(=O)c1cc(Cl)ccc1C=CC(C)(C)c1ccsc1C1OCCO1. The number of carbonyl (C=O) groups excluding carboxylic acids is 1. The molecule has 2 heterocycles. The van der Waals surface area contributed by atoms with Gasteiger partial charge >= 0.3 is 5.97 Å². The van der Waals surface area contributed by atoms with Crippen molar-refractivity contribution < 1.29 is 19.0 Å². The molecule has 2 aromatic rings. The van der Waals surface area contributed by atoms with Crippen LogP contribution >= 0.6 is 22.9 Å². The van der Waals surface area contributed by atoms with Gasteiger partial charge in [0.25, 0.3) is 0 Å². The van der Waals surface area contributed by atoms with Crippen molar-refractivity contribution in [3.8, 4) is 0 Å². The number of halogens is 1. The van der Waals surface area contributed by atoms with E-state index >= 15 is 0 Å². The second-order valence-corrected chi connectivity index (χ2v) is 7.93. The largest absolute Gasteiger partial charge is 0.465 e. The summed E-state index contributed by atoms with van der Waals surface area (Å²) in [6, 6.07) is 7.30. The topological polar surface area (TPSA) is 44.8 Å². The van der Waals surface area contributed by atoms with Crippen molar-refractivity contribution in [2.75, 3.05) is 20.3 Å². The quantitative estimate of drug-likeness (QED) is 0.654. The van der Waals surface area contributed by atoms with E-state index in [4.69, 9.17) is 25.8 Å². The zero-order chi connectivity index (χ0) is 18.7. The number of esters is 1. The lowest BCUT2D eigenvalue weighted by atomic mass is 9.83. The summed E-state index contributed by atoms with van der Waals surface area (Å²) in [7, 11) is 1.36. The Morgan fingerprint density at radius 2 is 2.04 bits per heavy atom. The van der Waals surface area contributed by atoms with Crippen LogP contribution in [-0.2, 0) is 19.6 Å². The monoisotopic (exact) mass is 392 g/mol. The number of thiophene rings is 1. The molecular weight excluding hydrogens is 372 g/mol. The van der Waals surface area contributed by atoms with Crippen molar-refractivity contribution >= 4 is 35.0 Å². The van der Waals surface area contributed by atoms with Gasteiger partial charge in [-0.3, -0.25) is 0 Å². The van der Waals surface area contributed by atoms with Gasteiger partial charge in [-0.25, -0.2) is 4.79 Å². The molecule has 1 aromatic carbocycles. The van der Waals surface area contributed by atoms with E-state index in [0.29, 0.717) is 23.8 Å². The average Bonchev–Trinajstić information content (AvgIpc) is 3.30. The Morgan fingerprint density at radius 1 is 1.31 bits per heavy atom. The first-order chi connectivity index (χ1) is 12.4. The molecule has 4 nitrogen and oxygen atoms in total. The van der Waals surface area contributed by atoms with E-state index in [0.717, 1.165) is 16.0 Å². The van der Waals surface area contributed by atoms with E-state index < -0.39 is 5.97 Å². The molecule has 1 fully saturated rings. The predicted octanol–water partition coefficient (Wildman–Crippen LogP) is 5.22. The average molecular weight is 393 g/mol. The molecule has 0 aliphatic carbocycles. The molecule has 0 saturated carbocycles. The van der Waals surface area contributed by atoms with Gasteiger partial charge in [0.05, 0.1) is 30.8 Å². The third-order valence-corrected chi connectivity index (χ3v) is 5.50. The summed E-state index contributed by atoms with van der Waals surface area (Å²) in [5.41, 5.74) is 2.09. The minimum Gasteiger partial charge on any atom is -0.465 e. The lowest BCUT2D eigenvalue weighted by molar-refractivity contribution is -0.0422. The third kappa shape index (κ3) is 4.01. The Balaban J connectivity index is 1.91. The fourth-order valence-electron chi connectivity index (χ4n) is 2.89. The smallest absolute Gasteiger partial charge is 0.338 e. The molecule has 0 atom stereocenters. The standard InChI is InChI=1S/C20H21ClO4S/c1-20(2,16-7-11-26-17(16)19-24-9-10-25-19)8-6-13-4-5-14(21)12-15(13)18(22)23-3/h4-8,11-12,19H,9-10H2,1-3H3. The molecule has 138 valence electrons. The molecule has 0 spiro atoms. The van der Waals surface area contributed by atoms with E-state index in [-0.39, 0.29) is 11.7 Å². The highest BCUT2D eigenvalue weighted by Gasteiger charge is 2.29. The van der Waals surface area contributed by atoms with Crippen LogP contribution in [0.5, 0.6) is 0 Å². The van der Waals surface area contributed by atoms with Crippen molar-refractivity contribution in [3.63, 3.8) is 0 Å². The van der Waals surface area contributed by atoms with Crippen LogP contribution < -0.4 is 0 Å². The first-order valence-electron chi connectivity index (χ1n) is 8.30. The predicted molar refractivity (Wildman–Crippen MR) is 104 cm³/mol. The normalized spacial score (nSPS) is 15.7. The van der Waals surface area contributed by atoms with Crippen LogP contribution in [-0.4, -0.2) is 26.3 Å². The second kappa shape index (κ2) is 7.92. The number of ether oxygens (including phenoxy) is 3. The van der Waals surface area contributed by atoms with Gasteiger partial charge in [-0.1, -0.05) is 43.7 Å². The Bertz CT molecular complexity index is 819. The van der Waals surface area contributed by atoms with Gasteiger partial charge in [0, 0.05) is 10.4 Å². The maximum Gasteiger partial charge on any atom is 0.338 e. The van der Waals surface area contributed by atoms with Crippen LogP contribution in [0.4, 0.5) is 0 Å². The number of hydrogen-bond donors (Lipinski definition) is 0. The molecule has 6 heteroatoms. The number of hydrogen-bond acceptors (Lipinski definition) is 5. The van der Waals surface area contributed by atoms with E-state index in [1.54, 1.807) is 23.5 Å². The molecule has 1 aliphatic heterocycles. The third-order valence-electron chi connectivity index (χ3n) is 4.33. The second-order valence-electron chi connectivity index (χ2n) is 6.55. The summed E-state index contributed by atoms with van der Waals surface area (Å²) in [6.45, 7) is 5.48. The van der Waals surface area contributed by atoms with E-state index in [9.17, 15) is 4.79 Å². The van der Waals surface area contributed by atoms with Crippen molar-refractivity contribution in [2.45, 2.75) is 25.6 Å². The highest BCUT2D eigenvalue weighted by molar-refractivity contribution is 7.10. The van der Waals surface area contributed by atoms with E-state index in [1.165, 1.54) is 7.11 Å². The van der Waals surface area contributed by atoms with Crippen LogP contribution in [0, 0.1) is 0 Å². The lowest BCUT2D eigenvalue weighted by Gasteiger charge is -2.23. The van der Waals surface area contributed by atoms with Crippen LogP contribution in [0.1, 0.15) is 46.5 Å². The summed E-state index contributed by atoms with van der Waals surface area (Å²) in [4.78, 5) is 13.1. The maximum atomic E-state index is 12.0. The summed E-state index contributed by atoms with van der Waals surface area (Å²) < 4.78 is 16.2. The number of carbonyl (C=O) groups is 1. The molecule has 0 bridgehead atoms. The highest BCUT2D eigenvalue weighted by Crippen LogP contribution is 2.38.